The standard InChI is InChI=1S/C17H18N4O5S/c1-25-14-7-3-5-12(9-14)10-15(13-6-4-8-20-11-13)16(22)21(17(18)19)26-27(2,23)24/h3-11H,1-2H3,(H3,18,19)/b15-10+. The second-order valence-electron chi connectivity index (χ2n) is 5.34. The molecule has 0 spiro atoms. The number of pyridine rings is 1. The minimum absolute atomic E-state index is 0.0233. The SMILES string of the molecule is COc1cccc(/C=C(/C(=O)N(OS(C)(=O)=O)C(=N)N)c2cccnc2)c1. The molecule has 3 N–H and O–H groups in total. The molecule has 0 bridgehead atoms. The average molecular weight is 390 g/mol. The van der Waals surface area contributed by atoms with Crippen LogP contribution in [0, 0.1) is 5.41 Å². The van der Waals surface area contributed by atoms with Crippen LogP contribution in [0.1, 0.15) is 11.1 Å². The summed E-state index contributed by atoms with van der Waals surface area (Å²) in [7, 11) is -2.58. The zero-order valence-corrected chi connectivity index (χ0v) is 15.4. The number of nitrogens with one attached hydrogen (secondary N) is 1. The minimum atomic E-state index is -4.09. The fourth-order valence-electron chi connectivity index (χ4n) is 2.12. The third-order valence-corrected chi connectivity index (χ3v) is 3.64. The zero-order chi connectivity index (χ0) is 20.0. The molecule has 0 aliphatic rings. The maximum Gasteiger partial charge on any atom is 0.286 e. The van der Waals surface area contributed by atoms with E-state index in [2.05, 4.69) is 9.27 Å². The average Bonchev–Trinajstić information content (AvgIpc) is 2.63. The first-order valence-electron chi connectivity index (χ1n) is 7.55. The van der Waals surface area contributed by atoms with Crippen LogP contribution < -0.4 is 10.5 Å². The molecule has 1 aromatic carbocycles. The van der Waals surface area contributed by atoms with Crippen molar-refractivity contribution in [2.24, 2.45) is 5.73 Å². The van der Waals surface area contributed by atoms with E-state index in [1.54, 1.807) is 36.4 Å². The summed E-state index contributed by atoms with van der Waals surface area (Å²) in [5, 5.41) is 7.69. The van der Waals surface area contributed by atoms with Crippen molar-refractivity contribution in [1.29, 1.82) is 5.41 Å². The van der Waals surface area contributed by atoms with Gasteiger partial charge in [-0.05, 0) is 29.8 Å². The Labute approximate surface area is 156 Å². The Hall–Kier alpha value is -3.24. The van der Waals surface area contributed by atoms with Gasteiger partial charge in [-0.1, -0.05) is 18.2 Å². The van der Waals surface area contributed by atoms with Gasteiger partial charge < -0.3 is 10.5 Å². The molecule has 27 heavy (non-hydrogen) atoms. The van der Waals surface area contributed by atoms with Gasteiger partial charge in [-0.15, -0.1) is 9.35 Å². The lowest BCUT2D eigenvalue weighted by Gasteiger charge is -2.19. The van der Waals surface area contributed by atoms with Gasteiger partial charge >= 0.3 is 0 Å². The van der Waals surface area contributed by atoms with Crippen molar-refractivity contribution in [3.05, 3.63) is 59.9 Å². The third kappa shape index (κ3) is 5.62. The monoisotopic (exact) mass is 390 g/mol. The van der Waals surface area contributed by atoms with Gasteiger partial charge in [-0.2, -0.15) is 8.42 Å². The second-order valence-corrected chi connectivity index (χ2v) is 6.90. The quantitative estimate of drug-likeness (QED) is 0.328. The summed E-state index contributed by atoms with van der Waals surface area (Å²) in [5.41, 5.74) is 6.34. The van der Waals surface area contributed by atoms with Gasteiger partial charge in [0.25, 0.3) is 16.0 Å². The molecule has 0 unspecified atom stereocenters. The highest BCUT2D eigenvalue weighted by molar-refractivity contribution is 7.85. The highest BCUT2D eigenvalue weighted by atomic mass is 32.2. The van der Waals surface area contributed by atoms with Crippen LogP contribution in [-0.2, 0) is 19.2 Å². The number of guanidine groups is 1. The van der Waals surface area contributed by atoms with Crippen molar-refractivity contribution >= 4 is 33.6 Å². The number of ether oxygens (including phenoxy) is 1. The zero-order valence-electron chi connectivity index (χ0n) is 14.6. The predicted octanol–water partition coefficient (Wildman–Crippen LogP) is 1.24. The van der Waals surface area contributed by atoms with Crippen LogP contribution in [0.4, 0.5) is 0 Å². The Morgan fingerprint density at radius 2 is 2.04 bits per heavy atom. The van der Waals surface area contributed by atoms with Crippen LogP contribution in [0.2, 0.25) is 0 Å². The van der Waals surface area contributed by atoms with Gasteiger partial charge in [0.05, 0.1) is 18.9 Å². The molecule has 9 nitrogen and oxygen atoms in total. The number of hydrogen-bond acceptors (Lipinski definition) is 7. The molecule has 0 fully saturated rings. The summed E-state index contributed by atoms with van der Waals surface area (Å²) in [5.74, 6) is -1.26. The molecule has 1 heterocycles. The molecule has 0 aliphatic heterocycles. The molecule has 0 saturated carbocycles. The fourth-order valence-corrected chi connectivity index (χ4v) is 2.54. The maximum atomic E-state index is 12.9. The molecule has 0 saturated heterocycles. The van der Waals surface area contributed by atoms with Crippen molar-refractivity contribution in [3.8, 4) is 5.75 Å². The normalized spacial score (nSPS) is 11.7. The number of nitrogens with zero attached hydrogens (tertiary/aromatic N) is 2. The molecule has 1 aromatic heterocycles. The smallest absolute Gasteiger partial charge is 0.286 e. The Balaban J connectivity index is 2.56. The number of hydroxylamine groups is 2. The van der Waals surface area contributed by atoms with Crippen molar-refractivity contribution in [3.63, 3.8) is 0 Å². The van der Waals surface area contributed by atoms with Gasteiger partial charge in [0.1, 0.15) is 5.75 Å². The minimum Gasteiger partial charge on any atom is -0.497 e. The Bertz CT molecular complexity index is 974. The first-order valence-corrected chi connectivity index (χ1v) is 9.37. The largest absolute Gasteiger partial charge is 0.497 e. The first-order chi connectivity index (χ1) is 12.7. The molecular formula is C17H18N4O5S. The highest BCUT2D eigenvalue weighted by Crippen LogP contribution is 2.23. The van der Waals surface area contributed by atoms with Gasteiger partial charge in [-0.3, -0.25) is 15.2 Å². The molecular weight excluding hydrogens is 372 g/mol. The maximum absolute atomic E-state index is 12.9. The van der Waals surface area contributed by atoms with Crippen LogP contribution in [0.5, 0.6) is 5.75 Å². The number of hydrogen-bond donors (Lipinski definition) is 2. The van der Waals surface area contributed by atoms with Gasteiger partial charge in [0.15, 0.2) is 0 Å². The van der Waals surface area contributed by atoms with Crippen LogP contribution in [-0.4, -0.2) is 43.7 Å². The summed E-state index contributed by atoms with van der Waals surface area (Å²) in [6.07, 6.45) is 5.17. The van der Waals surface area contributed by atoms with Crippen LogP contribution >= 0.6 is 0 Å². The lowest BCUT2D eigenvalue weighted by molar-refractivity contribution is -0.137. The first kappa shape index (κ1) is 20.1. The van der Waals surface area contributed by atoms with Crippen LogP contribution in [0.25, 0.3) is 11.6 Å². The number of amides is 1. The molecule has 1 amide bonds. The van der Waals surface area contributed by atoms with E-state index in [4.69, 9.17) is 15.9 Å². The van der Waals surface area contributed by atoms with Crippen LogP contribution in [0.3, 0.4) is 0 Å². The van der Waals surface area contributed by atoms with Crippen molar-refractivity contribution in [2.45, 2.75) is 0 Å². The molecule has 0 radical (unpaired) electrons. The third-order valence-electron chi connectivity index (χ3n) is 3.22. The molecule has 2 rings (SSSR count). The number of methoxy groups -OCH3 is 1. The summed E-state index contributed by atoms with van der Waals surface area (Å²) in [6, 6.07) is 10.1. The topological polar surface area (TPSA) is 136 Å². The number of benzene rings is 1. The van der Waals surface area contributed by atoms with E-state index >= 15 is 0 Å². The van der Waals surface area contributed by atoms with Crippen molar-refractivity contribution < 1.29 is 22.2 Å². The number of carbonyl (C=O) groups excluding carboxylic acids is 1. The Morgan fingerprint density at radius 1 is 1.30 bits per heavy atom. The molecule has 10 heteroatoms. The summed E-state index contributed by atoms with van der Waals surface area (Å²) < 4.78 is 32.6. The molecule has 0 aliphatic carbocycles. The van der Waals surface area contributed by atoms with E-state index in [1.807, 2.05) is 0 Å². The molecule has 142 valence electrons. The lowest BCUT2D eigenvalue weighted by Crippen LogP contribution is -2.42. The lowest BCUT2D eigenvalue weighted by atomic mass is 10.0. The number of carbonyl (C=O) groups is 1. The van der Waals surface area contributed by atoms with E-state index in [1.165, 1.54) is 25.6 Å². The van der Waals surface area contributed by atoms with Gasteiger partial charge in [0.2, 0.25) is 5.96 Å². The second kappa shape index (κ2) is 8.43. The number of aromatic nitrogens is 1. The Morgan fingerprint density at radius 3 is 2.59 bits per heavy atom. The highest BCUT2D eigenvalue weighted by Gasteiger charge is 2.27. The molecule has 2 aromatic rings. The number of rotatable bonds is 6. The van der Waals surface area contributed by atoms with Crippen molar-refractivity contribution in [2.75, 3.05) is 13.4 Å². The Kier molecular flexibility index (Phi) is 6.27. The van der Waals surface area contributed by atoms with Gasteiger partial charge in [-0.25, -0.2) is 0 Å². The summed E-state index contributed by atoms with van der Waals surface area (Å²) in [4.78, 5) is 16.9. The van der Waals surface area contributed by atoms with Crippen LogP contribution in [0.15, 0.2) is 48.8 Å². The van der Waals surface area contributed by atoms with E-state index < -0.39 is 22.0 Å². The summed E-state index contributed by atoms with van der Waals surface area (Å²) in [6.45, 7) is 0. The van der Waals surface area contributed by atoms with Crippen molar-refractivity contribution in [1.82, 2.24) is 10.0 Å². The predicted molar refractivity (Wildman–Crippen MR) is 99.8 cm³/mol. The van der Waals surface area contributed by atoms with E-state index in [9.17, 15) is 13.2 Å². The van der Waals surface area contributed by atoms with E-state index in [0.29, 0.717) is 16.9 Å². The molecule has 0 atom stereocenters. The van der Waals surface area contributed by atoms with Gasteiger partial charge in [0, 0.05) is 18.0 Å². The van der Waals surface area contributed by atoms with E-state index in [0.717, 1.165) is 6.26 Å². The van der Waals surface area contributed by atoms with E-state index in [-0.39, 0.29) is 10.6 Å². The fraction of sp³-hybridized carbons (Fsp3) is 0.118. The summed E-state index contributed by atoms with van der Waals surface area (Å²) >= 11 is 0. The number of nitrogens with two attached hydrogens (primary N) is 1.